The van der Waals surface area contributed by atoms with Gasteiger partial charge in [0.15, 0.2) is 7.28 Å². The Kier molecular flexibility index (Phi) is 5.84. The Bertz CT molecular complexity index is 78.1. The Morgan fingerprint density at radius 2 is 2.00 bits per heavy atom. The Hall–Kier alpha value is 0.0499. The van der Waals surface area contributed by atoms with E-state index in [0.29, 0.717) is 7.28 Å². The molecule has 2 nitrogen and oxygen atoms in total. The Morgan fingerprint density at radius 1 is 1.40 bits per heavy atom. The smallest absolute Gasteiger partial charge is 0.191 e. The largest absolute Gasteiger partial charge is 0.402 e. The number of aliphatic hydroxyl groups excluding tert-OH is 2. The van der Waals surface area contributed by atoms with Gasteiger partial charge in [0.25, 0.3) is 0 Å². The first kappa shape index (κ1) is 10.0. The predicted octanol–water partition coefficient (Wildman–Crippen LogP) is -0.627. The molecule has 0 amide bonds. The molecule has 0 spiro atoms. The molecule has 10 heavy (non-hydrogen) atoms. The fourth-order valence-electron chi connectivity index (χ4n) is 0.951. The summed E-state index contributed by atoms with van der Waals surface area (Å²) in [6.45, 7) is 3.80. The van der Waals surface area contributed by atoms with Gasteiger partial charge in [0.1, 0.15) is 7.28 Å². The molecular weight excluding hydrogens is 126 g/mol. The fourth-order valence-corrected chi connectivity index (χ4v) is 0.951. The van der Waals surface area contributed by atoms with Gasteiger partial charge in [-0.3, -0.25) is 0 Å². The molecule has 0 aromatic carbocycles. The van der Waals surface area contributed by atoms with Crippen molar-refractivity contribution in [3.8, 4) is 0 Å². The summed E-state index contributed by atoms with van der Waals surface area (Å²) < 4.78 is 0. The average Bonchev–Trinajstić information content (AvgIpc) is 1.82. The van der Waals surface area contributed by atoms with Gasteiger partial charge in [-0.25, -0.2) is 0 Å². The van der Waals surface area contributed by atoms with Crippen molar-refractivity contribution in [2.45, 2.75) is 38.5 Å². The van der Waals surface area contributed by atoms with Gasteiger partial charge in [0.05, 0.1) is 0 Å². The van der Waals surface area contributed by atoms with Crippen LogP contribution < -0.4 is 0 Å². The molecule has 4 heteroatoms. The van der Waals surface area contributed by atoms with E-state index in [1.54, 1.807) is 6.92 Å². The Labute approximate surface area is 64.1 Å². The zero-order valence-electron chi connectivity index (χ0n) is 6.88. The van der Waals surface area contributed by atoms with E-state index in [0.717, 1.165) is 19.9 Å². The lowest BCUT2D eigenvalue weighted by molar-refractivity contribution is 0.234. The fraction of sp³-hybridized carbons (Fsp3) is 1.00. The van der Waals surface area contributed by atoms with Gasteiger partial charge in [-0.1, -0.05) is 19.6 Å². The van der Waals surface area contributed by atoms with Crippen molar-refractivity contribution in [1.29, 1.82) is 0 Å². The highest BCUT2D eigenvalue weighted by atomic mass is 16.3. The van der Waals surface area contributed by atoms with Crippen molar-refractivity contribution in [3.05, 3.63) is 0 Å². The maximum atomic E-state index is 9.19. The van der Waals surface area contributed by atoms with E-state index in [2.05, 4.69) is 6.92 Å². The molecule has 0 fully saturated rings. The lowest BCUT2D eigenvalue weighted by atomic mass is 9.57. The third-order valence-electron chi connectivity index (χ3n) is 1.50. The summed E-state index contributed by atoms with van der Waals surface area (Å²) in [6, 6.07) is -0.674. The molecule has 0 aliphatic rings. The highest BCUT2D eigenvalue weighted by Gasteiger charge is 2.09. The molecule has 58 valence electrons. The van der Waals surface area contributed by atoms with E-state index < -0.39 is 0 Å². The Morgan fingerprint density at radius 3 is 2.40 bits per heavy atom. The molecule has 0 saturated carbocycles. The van der Waals surface area contributed by atoms with Gasteiger partial charge in [0.2, 0.25) is 0 Å². The van der Waals surface area contributed by atoms with Crippen LogP contribution in [0.1, 0.15) is 13.8 Å². The highest BCUT2D eigenvalue weighted by Crippen LogP contribution is 1.93. The molecule has 0 rings (SSSR count). The standard InChI is InChI=1S/C6H16B2O2/c1-3-7-4-6(10)8-5(2)9/h5-10H,3-4H2,1-2H3. The van der Waals surface area contributed by atoms with Crippen LogP contribution in [0.2, 0.25) is 12.6 Å². The molecule has 0 bridgehead atoms. The Balaban J connectivity index is 3.16. The van der Waals surface area contributed by atoms with Gasteiger partial charge in [-0.15, -0.1) is 0 Å². The monoisotopic (exact) mass is 142 g/mol. The first-order valence-corrected chi connectivity index (χ1v) is 4.03. The van der Waals surface area contributed by atoms with Crippen molar-refractivity contribution in [2.75, 3.05) is 0 Å². The van der Waals surface area contributed by atoms with Crippen LogP contribution in [0.4, 0.5) is 0 Å². The van der Waals surface area contributed by atoms with E-state index in [1.807, 2.05) is 0 Å². The molecule has 0 aromatic heterocycles. The summed E-state index contributed by atoms with van der Waals surface area (Å²) >= 11 is 0. The topological polar surface area (TPSA) is 40.5 Å². The average molecular weight is 142 g/mol. The van der Waals surface area contributed by atoms with Crippen LogP contribution in [0.15, 0.2) is 0 Å². The summed E-state index contributed by atoms with van der Waals surface area (Å²) in [5.41, 5.74) is 0. The molecule has 2 atom stereocenters. The molecule has 2 N–H and O–H groups in total. The third kappa shape index (κ3) is 6.17. The number of hydrogen-bond acceptors (Lipinski definition) is 2. The van der Waals surface area contributed by atoms with Crippen LogP contribution in [-0.2, 0) is 0 Å². The highest BCUT2D eigenvalue weighted by molar-refractivity contribution is 6.44. The molecule has 0 saturated heterocycles. The molecule has 0 aliphatic heterocycles. The van der Waals surface area contributed by atoms with Crippen molar-refractivity contribution in [1.82, 2.24) is 0 Å². The van der Waals surface area contributed by atoms with Crippen LogP contribution >= 0.6 is 0 Å². The van der Waals surface area contributed by atoms with Gasteiger partial charge in [-0.2, -0.15) is 0 Å². The molecular formula is C6H16B2O2. The van der Waals surface area contributed by atoms with Gasteiger partial charge >= 0.3 is 0 Å². The van der Waals surface area contributed by atoms with Crippen LogP contribution in [0.5, 0.6) is 0 Å². The number of rotatable bonds is 5. The minimum absolute atomic E-state index is 0.306. The zero-order valence-corrected chi connectivity index (χ0v) is 6.88. The minimum atomic E-state index is -0.369. The lowest BCUT2D eigenvalue weighted by Crippen LogP contribution is -2.27. The van der Waals surface area contributed by atoms with Crippen molar-refractivity contribution < 1.29 is 10.2 Å². The van der Waals surface area contributed by atoms with Gasteiger partial charge < -0.3 is 10.2 Å². The maximum absolute atomic E-state index is 9.19. The minimum Gasteiger partial charge on any atom is -0.402 e. The molecule has 0 heterocycles. The van der Waals surface area contributed by atoms with E-state index in [4.69, 9.17) is 5.11 Å². The summed E-state index contributed by atoms with van der Waals surface area (Å²) in [5.74, 6) is 0. The quantitative estimate of drug-likeness (QED) is 0.501. The second-order valence-electron chi connectivity index (χ2n) is 2.88. The lowest BCUT2D eigenvalue weighted by Gasteiger charge is -2.08. The summed E-state index contributed by atoms with van der Waals surface area (Å²) in [6.07, 6.45) is 1.93. The summed E-state index contributed by atoms with van der Waals surface area (Å²) in [4.78, 5) is 0. The van der Waals surface area contributed by atoms with Crippen molar-refractivity contribution >= 4 is 14.6 Å². The maximum Gasteiger partial charge on any atom is 0.191 e. The molecule has 0 aliphatic carbocycles. The van der Waals surface area contributed by atoms with E-state index in [-0.39, 0.29) is 12.0 Å². The van der Waals surface area contributed by atoms with Crippen LogP contribution in [0.25, 0.3) is 0 Å². The molecule has 0 aromatic rings. The van der Waals surface area contributed by atoms with Crippen LogP contribution in [-0.4, -0.2) is 36.8 Å². The van der Waals surface area contributed by atoms with Crippen molar-refractivity contribution in [3.63, 3.8) is 0 Å². The normalized spacial score (nSPS) is 16.0. The second-order valence-corrected chi connectivity index (χ2v) is 2.88. The van der Waals surface area contributed by atoms with Crippen LogP contribution in [0.3, 0.4) is 0 Å². The first-order valence-electron chi connectivity index (χ1n) is 4.03. The second kappa shape index (κ2) is 5.81. The van der Waals surface area contributed by atoms with Crippen molar-refractivity contribution in [2.24, 2.45) is 0 Å². The van der Waals surface area contributed by atoms with E-state index >= 15 is 0 Å². The summed E-state index contributed by atoms with van der Waals surface area (Å²) in [5, 5.41) is 18.1. The van der Waals surface area contributed by atoms with E-state index in [9.17, 15) is 5.11 Å². The zero-order chi connectivity index (χ0) is 7.98. The number of aliphatic hydroxyl groups is 2. The SMILES string of the molecule is CCBCC(O)BC(C)O. The third-order valence-corrected chi connectivity index (χ3v) is 1.50. The van der Waals surface area contributed by atoms with Crippen LogP contribution in [0, 0.1) is 0 Å². The molecule has 0 radical (unpaired) electrons. The van der Waals surface area contributed by atoms with Gasteiger partial charge in [0, 0.05) is 12.0 Å². The predicted molar refractivity (Wildman–Crippen MR) is 47.3 cm³/mol. The number of hydrogen-bond donors (Lipinski definition) is 2. The first-order chi connectivity index (χ1) is 4.66. The van der Waals surface area contributed by atoms with Gasteiger partial charge in [-0.05, 0) is 6.92 Å². The molecule has 2 unspecified atom stereocenters. The summed E-state index contributed by atoms with van der Waals surface area (Å²) in [7, 11) is 1.56. The van der Waals surface area contributed by atoms with E-state index in [1.165, 1.54) is 0 Å².